The third kappa shape index (κ3) is 1.70. The Labute approximate surface area is 100 Å². The van der Waals surface area contributed by atoms with Crippen molar-refractivity contribution < 1.29 is 4.74 Å². The summed E-state index contributed by atoms with van der Waals surface area (Å²) < 4.78 is 7.25. The molecule has 1 aromatic carbocycles. The number of rotatable bonds is 1. The third-order valence-electron chi connectivity index (χ3n) is 3.22. The number of fused-ring (bicyclic) bond motifs is 1. The molecule has 0 spiro atoms. The fourth-order valence-corrected chi connectivity index (χ4v) is 2.32. The molecule has 1 aliphatic heterocycles. The van der Waals surface area contributed by atoms with Crippen LogP contribution in [-0.4, -0.2) is 16.4 Å². The average Bonchev–Trinajstić information content (AvgIpc) is 2.68. The van der Waals surface area contributed by atoms with Crippen LogP contribution in [0.25, 0.3) is 11.3 Å². The highest BCUT2D eigenvalue weighted by Crippen LogP contribution is 2.28. The topological polar surface area (TPSA) is 53.1 Å². The van der Waals surface area contributed by atoms with Crippen LogP contribution in [0.15, 0.2) is 24.4 Å². The van der Waals surface area contributed by atoms with Gasteiger partial charge in [0.25, 0.3) is 0 Å². The molecular formula is C13H15N3O. The summed E-state index contributed by atoms with van der Waals surface area (Å²) in [5.41, 5.74) is 11.4. The molecule has 4 nitrogen and oxygen atoms in total. The van der Waals surface area contributed by atoms with Crippen molar-refractivity contribution in [3.8, 4) is 11.3 Å². The number of aromatic nitrogens is 2. The van der Waals surface area contributed by atoms with Crippen LogP contribution in [0.3, 0.4) is 0 Å². The normalized spacial score (nSPS) is 14.6. The Bertz CT molecular complexity index is 540. The van der Waals surface area contributed by atoms with Gasteiger partial charge in [0.2, 0.25) is 0 Å². The van der Waals surface area contributed by atoms with Gasteiger partial charge in [-0.3, -0.25) is 4.68 Å². The number of nitrogen functional groups attached to an aromatic ring is 1. The highest BCUT2D eigenvalue weighted by Gasteiger charge is 2.13. The molecule has 0 unspecified atom stereocenters. The molecule has 0 saturated carbocycles. The Kier molecular flexibility index (Phi) is 2.37. The lowest BCUT2D eigenvalue weighted by molar-refractivity contribution is 0.111. The summed E-state index contributed by atoms with van der Waals surface area (Å²) >= 11 is 0. The van der Waals surface area contributed by atoms with Crippen molar-refractivity contribution in [3.05, 3.63) is 35.5 Å². The molecular weight excluding hydrogens is 214 g/mol. The van der Waals surface area contributed by atoms with Gasteiger partial charge in [-0.1, -0.05) is 12.1 Å². The van der Waals surface area contributed by atoms with Crippen LogP contribution in [0.4, 0.5) is 5.69 Å². The van der Waals surface area contributed by atoms with Crippen LogP contribution in [-0.2, 0) is 24.8 Å². The molecule has 2 aromatic rings. The first-order chi connectivity index (χ1) is 8.25. The summed E-state index contributed by atoms with van der Waals surface area (Å²) in [6.45, 7) is 1.52. The van der Waals surface area contributed by atoms with Crippen LogP contribution in [0, 0.1) is 0 Å². The van der Waals surface area contributed by atoms with Crippen LogP contribution in [0.1, 0.15) is 11.1 Å². The van der Waals surface area contributed by atoms with Crippen LogP contribution < -0.4 is 5.73 Å². The maximum atomic E-state index is 5.94. The monoisotopic (exact) mass is 229 g/mol. The molecule has 0 bridgehead atoms. The zero-order chi connectivity index (χ0) is 11.8. The molecule has 0 atom stereocenters. The van der Waals surface area contributed by atoms with E-state index in [-0.39, 0.29) is 0 Å². The fraction of sp³-hybridized carbons (Fsp3) is 0.308. The molecule has 0 fully saturated rings. The van der Waals surface area contributed by atoms with Gasteiger partial charge in [0.15, 0.2) is 0 Å². The SMILES string of the molecule is Cn1ncc(N)c1-c1ccc2c(c1)CCOC2. The van der Waals surface area contributed by atoms with Crippen molar-refractivity contribution in [2.45, 2.75) is 13.0 Å². The van der Waals surface area contributed by atoms with Gasteiger partial charge >= 0.3 is 0 Å². The minimum Gasteiger partial charge on any atom is -0.396 e. The zero-order valence-corrected chi connectivity index (χ0v) is 9.81. The van der Waals surface area contributed by atoms with Gasteiger partial charge < -0.3 is 10.5 Å². The molecule has 0 amide bonds. The van der Waals surface area contributed by atoms with Gasteiger partial charge in [0.1, 0.15) is 0 Å². The highest BCUT2D eigenvalue weighted by molar-refractivity contribution is 5.73. The summed E-state index contributed by atoms with van der Waals surface area (Å²) in [7, 11) is 1.91. The van der Waals surface area contributed by atoms with E-state index in [1.54, 1.807) is 6.20 Å². The second-order valence-corrected chi connectivity index (χ2v) is 4.36. The van der Waals surface area contributed by atoms with E-state index in [1.165, 1.54) is 11.1 Å². The summed E-state index contributed by atoms with van der Waals surface area (Å²) in [5, 5.41) is 4.17. The van der Waals surface area contributed by atoms with Gasteiger partial charge in [-0.25, -0.2) is 0 Å². The fourth-order valence-electron chi connectivity index (χ4n) is 2.32. The first-order valence-electron chi connectivity index (χ1n) is 5.73. The molecule has 1 aliphatic rings. The number of nitrogens with two attached hydrogens (primary N) is 1. The second kappa shape index (κ2) is 3.89. The number of benzene rings is 1. The number of ether oxygens (including phenoxy) is 1. The van der Waals surface area contributed by atoms with Crippen molar-refractivity contribution in [1.82, 2.24) is 9.78 Å². The van der Waals surface area contributed by atoms with E-state index < -0.39 is 0 Å². The van der Waals surface area contributed by atoms with Crippen molar-refractivity contribution >= 4 is 5.69 Å². The Hall–Kier alpha value is -1.81. The lowest BCUT2D eigenvalue weighted by atomic mass is 9.98. The first kappa shape index (κ1) is 10.4. The molecule has 2 heterocycles. The molecule has 88 valence electrons. The van der Waals surface area contributed by atoms with E-state index in [9.17, 15) is 0 Å². The summed E-state index contributed by atoms with van der Waals surface area (Å²) in [5.74, 6) is 0. The predicted molar refractivity (Wildman–Crippen MR) is 66.4 cm³/mol. The zero-order valence-electron chi connectivity index (χ0n) is 9.81. The number of hydrogen-bond donors (Lipinski definition) is 1. The smallest absolute Gasteiger partial charge is 0.0908 e. The molecule has 17 heavy (non-hydrogen) atoms. The Balaban J connectivity index is 2.10. The molecule has 0 radical (unpaired) electrons. The molecule has 3 rings (SSSR count). The minimum atomic E-state index is 0.719. The maximum Gasteiger partial charge on any atom is 0.0908 e. The number of nitrogens with zero attached hydrogens (tertiary/aromatic N) is 2. The van der Waals surface area contributed by atoms with Gasteiger partial charge in [-0.2, -0.15) is 5.10 Å². The van der Waals surface area contributed by atoms with E-state index in [0.29, 0.717) is 0 Å². The van der Waals surface area contributed by atoms with Crippen molar-refractivity contribution in [1.29, 1.82) is 0 Å². The Morgan fingerprint density at radius 1 is 1.35 bits per heavy atom. The minimum absolute atomic E-state index is 0.719. The standard InChI is InChI=1S/C13H15N3O/c1-16-13(12(14)7-15-16)10-2-3-11-8-17-5-4-9(11)6-10/h2-3,6-7H,4-5,8,14H2,1H3. The molecule has 2 N–H and O–H groups in total. The van der Waals surface area contributed by atoms with Gasteiger partial charge in [-0.15, -0.1) is 0 Å². The number of anilines is 1. The van der Waals surface area contributed by atoms with Crippen molar-refractivity contribution in [2.75, 3.05) is 12.3 Å². The lowest BCUT2D eigenvalue weighted by Crippen LogP contribution is -2.09. The van der Waals surface area contributed by atoms with E-state index in [0.717, 1.165) is 36.6 Å². The summed E-state index contributed by atoms with van der Waals surface area (Å²) in [6, 6.07) is 6.41. The Morgan fingerprint density at radius 3 is 3.00 bits per heavy atom. The van der Waals surface area contributed by atoms with E-state index in [2.05, 4.69) is 23.3 Å². The molecule has 1 aromatic heterocycles. The quantitative estimate of drug-likeness (QED) is 0.810. The van der Waals surface area contributed by atoms with Gasteiger partial charge in [0.05, 0.1) is 30.8 Å². The number of aryl methyl sites for hydroxylation is 1. The maximum absolute atomic E-state index is 5.94. The highest BCUT2D eigenvalue weighted by atomic mass is 16.5. The number of hydrogen-bond acceptors (Lipinski definition) is 3. The largest absolute Gasteiger partial charge is 0.396 e. The summed E-state index contributed by atoms with van der Waals surface area (Å²) in [4.78, 5) is 0. The van der Waals surface area contributed by atoms with E-state index in [1.807, 2.05) is 11.7 Å². The summed E-state index contributed by atoms with van der Waals surface area (Å²) in [6.07, 6.45) is 2.67. The van der Waals surface area contributed by atoms with Gasteiger partial charge in [0, 0.05) is 12.6 Å². The Morgan fingerprint density at radius 2 is 2.24 bits per heavy atom. The van der Waals surface area contributed by atoms with Crippen molar-refractivity contribution in [2.24, 2.45) is 7.05 Å². The van der Waals surface area contributed by atoms with Crippen LogP contribution >= 0.6 is 0 Å². The van der Waals surface area contributed by atoms with Crippen LogP contribution in [0.2, 0.25) is 0 Å². The lowest BCUT2D eigenvalue weighted by Gasteiger charge is -2.17. The van der Waals surface area contributed by atoms with E-state index >= 15 is 0 Å². The van der Waals surface area contributed by atoms with Gasteiger partial charge in [-0.05, 0) is 23.6 Å². The molecule has 4 heteroatoms. The van der Waals surface area contributed by atoms with E-state index in [4.69, 9.17) is 10.5 Å². The second-order valence-electron chi connectivity index (χ2n) is 4.36. The van der Waals surface area contributed by atoms with Crippen molar-refractivity contribution in [3.63, 3.8) is 0 Å². The predicted octanol–water partition coefficient (Wildman–Crippen LogP) is 1.74. The van der Waals surface area contributed by atoms with Crippen LogP contribution in [0.5, 0.6) is 0 Å². The first-order valence-corrected chi connectivity index (χ1v) is 5.73. The molecule has 0 saturated heterocycles. The average molecular weight is 229 g/mol. The third-order valence-corrected chi connectivity index (χ3v) is 3.22. The molecule has 0 aliphatic carbocycles.